The number of nitrogens with zero attached hydrogens (tertiary/aromatic N) is 3. The van der Waals surface area contributed by atoms with Crippen molar-refractivity contribution in [2.45, 2.75) is 25.1 Å². The number of piperidine rings is 1. The van der Waals surface area contributed by atoms with Crippen LogP contribution < -0.4 is 20.1 Å². The Morgan fingerprint density at radius 1 is 0.768 bits per heavy atom. The van der Waals surface area contributed by atoms with Crippen LogP contribution in [0, 0.1) is 11.3 Å². The SMILES string of the molecule is COc1cc(C=C2SC(=O)N(CCOCCOCCOCCOCCOCCOCCNc3cccc4c3C(=O)N(C3CCC(=O)NC3=O)C4=O)C2=O)ccc1Oc1ccc(C#N)cc1C(F)(F)F. The molecule has 23 heteroatoms. The molecule has 3 aliphatic rings. The van der Waals surface area contributed by atoms with Gasteiger partial charge in [0, 0.05) is 18.7 Å². The molecule has 0 bridgehead atoms. The van der Waals surface area contributed by atoms with Crippen LogP contribution in [0.2, 0.25) is 0 Å². The lowest BCUT2D eigenvalue weighted by Crippen LogP contribution is -2.54. The number of nitriles is 1. The normalized spacial score (nSPS) is 16.6. The third kappa shape index (κ3) is 14.1. The molecule has 1 unspecified atom stereocenters. The Labute approximate surface area is 398 Å². The molecule has 2 fully saturated rings. The van der Waals surface area contributed by atoms with Gasteiger partial charge < -0.3 is 43.2 Å². The van der Waals surface area contributed by atoms with Crippen LogP contribution in [0.4, 0.5) is 23.7 Å². The fourth-order valence-electron chi connectivity index (χ4n) is 7.01. The molecule has 0 aromatic heterocycles. The largest absolute Gasteiger partial charge is 0.493 e. The third-order valence-corrected chi connectivity index (χ3v) is 11.2. The van der Waals surface area contributed by atoms with E-state index in [0.717, 1.165) is 27.6 Å². The molecule has 0 spiro atoms. The number of alkyl halides is 3. The zero-order valence-corrected chi connectivity index (χ0v) is 38.1. The summed E-state index contributed by atoms with van der Waals surface area (Å²) < 4.78 is 84.9. The number of carbonyl (C=O) groups is 6. The number of nitrogens with one attached hydrogen (secondary N) is 2. The first-order chi connectivity index (χ1) is 33.3. The second-order valence-electron chi connectivity index (χ2n) is 14.9. The molecule has 1 atom stereocenters. The Kier molecular flexibility index (Phi) is 19.1. The van der Waals surface area contributed by atoms with E-state index in [1.54, 1.807) is 18.2 Å². The first kappa shape index (κ1) is 52.0. The van der Waals surface area contributed by atoms with Crippen molar-refractivity contribution in [3.05, 3.63) is 87.3 Å². The summed E-state index contributed by atoms with van der Waals surface area (Å²) in [6.45, 7) is 3.90. The lowest BCUT2D eigenvalue weighted by molar-refractivity contribution is -0.139. The number of anilines is 1. The highest BCUT2D eigenvalue weighted by molar-refractivity contribution is 8.18. The van der Waals surface area contributed by atoms with E-state index in [-0.39, 0.29) is 72.3 Å². The summed E-state index contributed by atoms with van der Waals surface area (Å²) in [6, 6.07) is 12.7. The van der Waals surface area contributed by atoms with Gasteiger partial charge in [0.1, 0.15) is 11.8 Å². The lowest BCUT2D eigenvalue weighted by atomic mass is 10.0. The van der Waals surface area contributed by atoms with Gasteiger partial charge in [-0.25, -0.2) is 0 Å². The van der Waals surface area contributed by atoms with Crippen molar-refractivity contribution in [1.29, 1.82) is 5.26 Å². The minimum atomic E-state index is -4.78. The van der Waals surface area contributed by atoms with E-state index in [9.17, 15) is 41.9 Å². The van der Waals surface area contributed by atoms with Gasteiger partial charge in [0.2, 0.25) is 11.8 Å². The lowest BCUT2D eigenvalue weighted by Gasteiger charge is -2.27. The number of thioether (sulfide) groups is 1. The van der Waals surface area contributed by atoms with E-state index in [0.29, 0.717) is 83.3 Å². The molecule has 2 N–H and O–H groups in total. The molecular weight excluding hydrogens is 936 g/mol. The third-order valence-electron chi connectivity index (χ3n) is 10.3. The van der Waals surface area contributed by atoms with E-state index < -0.39 is 58.3 Å². The second kappa shape index (κ2) is 25.3. The minimum absolute atomic E-state index is 0.00908. The molecule has 69 heavy (non-hydrogen) atoms. The van der Waals surface area contributed by atoms with Gasteiger partial charge in [0.15, 0.2) is 11.5 Å². The van der Waals surface area contributed by atoms with E-state index in [2.05, 4.69) is 10.6 Å². The Hall–Kier alpha value is -6.39. The number of halogens is 3. The number of ether oxygens (including phenoxy) is 8. The summed E-state index contributed by atoms with van der Waals surface area (Å²) in [5, 5.41) is 13.8. The minimum Gasteiger partial charge on any atom is -0.493 e. The van der Waals surface area contributed by atoms with Crippen molar-refractivity contribution in [1.82, 2.24) is 15.1 Å². The van der Waals surface area contributed by atoms with Crippen molar-refractivity contribution in [2.75, 3.05) is 105 Å². The summed E-state index contributed by atoms with van der Waals surface area (Å²) in [6.07, 6.45) is -3.21. The zero-order chi connectivity index (χ0) is 49.3. The molecule has 6 rings (SSSR count). The highest BCUT2D eigenvalue weighted by atomic mass is 32.2. The van der Waals surface area contributed by atoms with Crippen LogP contribution in [0.25, 0.3) is 6.08 Å². The molecule has 19 nitrogen and oxygen atoms in total. The molecule has 0 saturated carbocycles. The summed E-state index contributed by atoms with van der Waals surface area (Å²) in [5.41, 5.74) is -0.0693. The number of hydrogen-bond acceptors (Lipinski definition) is 17. The number of hydrogen-bond donors (Lipinski definition) is 2. The molecule has 3 aliphatic heterocycles. The van der Waals surface area contributed by atoms with Gasteiger partial charge in [-0.1, -0.05) is 12.1 Å². The van der Waals surface area contributed by atoms with Gasteiger partial charge in [-0.3, -0.25) is 43.9 Å². The number of methoxy groups -OCH3 is 1. The predicted octanol–water partition coefficient (Wildman–Crippen LogP) is 5.03. The number of imide groups is 3. The molecule has 6 amide bonds. The maximum Gasteiger partial charge on any atom is 0.420 e. The van der Waals surface area contributed by atoms with E-state index in [1.165, 1.54) is 43.5 Å². The van der Waals surface area contributed by atoms with E-state index >= 15 is 0 Å². The van der Waals surface area contributed by atoms with Gasteiger partial charge in [-0.15, -0.1) is 0 Å². The first-order valence-corrected chi connectivity index (χ1v) is 22.4. The average molecular weight is 984 g/mol. The first-order valence-electron chi connectivity index (χ1n) is 21.6. The number of fused-ring (bicyclic) bond motifs is 1. The summed E-state index contributed by atoms with van der Waals surface area (Å²) in [4.78, 5) is 77.8. The fourth-order valence-corrected chi connectivity index (χ4v) is 7.87. The highest BCUT2D eigenvalue weighted by Gasteiger charge is 2.45. The standard InChI is InChI=1S/C46H48F3N5O14S/c1-61-37-26-29(5-9-36(37)68-35-8-6-30(28-50)25-32(35)46(47,48)49)27-38-43(58)53(45(60)69-38)12-14-63-16-18-65-20-22-67-24-23-66-21-19-64-17-15-62-13-11-51-33-4-2-3-31-40(33)44(59)54(42(31)57)34-7-10-39(55)52-41(34)56/h2-6,8-9,25-27,34,51H,7,10-24H2,1H3,(H,52,55,56). The van der Waals surface area contributed by atoms with Gasteiger partial charge in [-0.05, 0) is 72.3 Å². The number of carbonyl (C=O) groups excluding carboxylic acids is 6. The number of amides is 6. The Bertz CT molecular complexity index is 2450. The zero-order valence-electron chi connectivity index (χ0n) is 37.3. The molecule has 3 aromatic carbocycles. The summed E-state index contributed by atoms with van der Waals surface area (Å²) in [7, 11) is 1.30. The maximum absolute atomic E-state index is 13.6. The van der Waals surface area contributed by atoms with Crippen LogP contribution in [0.1, 0.15) is 50.2 Å². The summed E-state index contributed by atoms with van der Waals surface area (Å²) in [5.74, 6) is -3.30. The van der Waals surface area contributed by atoms with Crippen molar-refractivity contribution >= 4 is 58.3 Å². The van der Waals surface area contributed by atoms with Gasteiger partial charge in [0.25, 0.3) is 23.0 Å². The Morgan fingerprint density at radius 3 is 2.00 bits per heavy atom. The van der Waals surface area contributed by atoms with Crippen molar-refractivity contribution in [3.63, 3.8) is 0 Å². The van der Waals surface area contributed by atoms with E-state index in [1.807, 2.05) is 0 Å². The molecular formula is C46H48F3N5O14S. The maximum atomic E-state index is 13.6. The molecule has 2 saturated heterocycles. The van der Waals surface area contributed by atoms with Gasteiger partial charge in [0.05, 0.1) is 126 Å². The van der Waals surface area contributed by atoms with Crippen LogP contribution in [-0.4, -0.2) is 150 Å². The fraction of sp³-hybridized carbons (Fsp3) is 0.413. The smallest absolute Gasteiger partial charge is 0.420 e. The molecule has 3 heterocycles. The van der Waals surface area contributed by atoms with Crippen LogP contribution >= 0.6 is 11.8 Å². The van der Waals surface area contributed by atoms with Gasteiger partial charge >= 0.3 is 6.18 Å². The van der Waals surface area contributed by atoms with Crippen molar-refractivity contribution in [2.24, 2.45) is 0 Å². The quantitative estimate of drug-likeness (QED) is 0.0580. The number of benzene rings is 3. The van der Waals surface area contributed by atoms with Gasteiger partial charge in [-0.2, -0.15) is 18.4 Å². The molecule has 368 valence electrons. The van der Waals surface area contributed by atoms with Crippen LogP contribution in [-0.2, 0) is 49.0 Å². The average Bonchev–Trinajstić information content (AvgIpc) is 3.74. The van der Waals surface area contributed by atoms with Crippen molar-refractivity contribution in [3.8, 4) is 23.3 Å². The number of rotatable bonds is 27. The van der Waals surface area contributed by atoms with Crippen LogP contribution in [0.3, 0.4) is 0 Å². The van der Waals surface area contributed by atoms with Crippen LogP contribution in [0.5, 0.6) is 17.2 Å². The van der Waals surface area contributed by atoms with Crippen LogP contribution in [0.15, 0.2) is 59.5 Å². The monoisotopic (exact) mass is 983 g/mol. The second-order valence-corrected chi connectivity index (χ2v) is 15.9. The summed E-state index contributed by atoms with van der Waals surface area (Å²) >= 11 is 0.735. The molecule has 0 aliphatic carbocycles. The Balaban J connectivity index is 0.749. The molecule has 3 aromatic rings. The Morgan fingerprint density at radius 2 is 1.39 bits per heavy atom. The van der Waals surface area contributed by atoms with Crippen molar-refractivity contribution < 1.29 is 79.8 Å². The predicted molar refractivity (Wildman–Crippen MR) is 238 cm³/mol. The highest BCUT2D eigenvalue weighted by Crippen LogP contribution is 2.42. The van der Waals surface area contributed by atoms with E-state index in [4.69, 9.17) is 43.2 Å². The molecule has 0 radical (unpaired) electrons. The topological polar surface area (TPSA) is 231 Å².